The molecule has 2 heterocycles. The number of aromatic nitrogens is 2. The van der Waals surface area contributed by atoms with Gasteiger partial charge in [-0.1, -0.05) is 0 Å². The van der Waals surface area contributed by atoms with Gasteiger partial charge in [-0.05, 0) is 33.6 Å². The Morgan fingerprint density at radius 3 is 2.67 bits per heavy atom. The fraction of sp³-hybridized carbons (Fsp3) is 0.692. The van der Waals surface area contributed by atoms with Crippen LogP contribution < -0.4 is 0 Å². The number of carboxylic acid groups (broad SMARTS) is 1. The van der Waals surface area contributed by atoms with Crippen molar-refractivity contribution in [1.29, 1.82) is 0 Å². The second-order valence-electron chi connectivity index (χ2n) is 5.70. The second kappa shape index (κ2) is 5.76. The quantitative estimate of drug-likeness (QED) is 0.905. The zero-order chi connectivity index (χ0) is 15.8. The lowest BCUT2D eigenvalue weighted by molar-refractivity contribution is -0.144. The van der Waals surface area contributed by atoms with Gasteiger partial charge in [0.2, 0.25) is 0 Å². The van der Waals surface area contributed by atoms with Gasteiger partial charge in [0.05, 0.1) is 12.2 Å². The van der Waals surface area contributed by atoms with Gasteiger partial charge >= 0.3 is 5.97 Å². The van der Waals surface area contributed by atoms with Gasteiger partial charge in [0.15, 0.2) is 5.03 Å². The Kier molecular flexibility index (Phi) is 4.38. The number of rotatable bonds is 4. The molecule has 1 aliphatic rings. The molecular formula is C13H21N3O4S. The maximum absolute atomic E-state index is 12.7. The largest absolute Gasteiger partial charge is 0.481 e. The van der Waals surface area contributed by atoms with E-state index < -0.39 is 28.0 Å². The van der Waals surface area contributed by atoms with E-state index in [0.717, 1.165) is 0 Å². The van der Waals surface area contributed by atoms with E-state index in [1.807, 2.05) is 13.8 Å². The highest BCUT2D eigenvalue weighted by molar-refractivity contribution is 7.89. The minimum Gasteiger partial charge on any atom is -0.481 e. The van der Waals surface area contributed by atoms with Crippen molar-refractivity contribution in [2.75, 3.05) is 6.54 Å². The molecule has 0 bridgehead atoms. The van der Waals surface area contributed by atoms with E-state index in [4.69, 9.17) is 0 Å². The topological polar surface area (TPSA) is 92.5 Å². The van der Waals surface area contributed by atoms with Crippen LogP contribution in [0.1, 0.15) is 39.7 Å². The summed E-state index contributed by atoms with van der Waals surface area (Å²) in [7, 11) is -3.75. The third-order valence-corrected chi connectivity index (χ3v) is 5.87. The number of sulfonamides is 1. The van der Waals surface area contributed by atoms with Crippen molar-refractivity contribution in [2.45, 2.75) is 50.7 Å². The number of nitrogens with zero attached hydrogens (tertiary/aromatic N) is 3. The third kappa shape index (κ3) is 2.96. The Morgan fingerprint density at radius 2 is 2.14 bits per heavy atom. The monoisotopic (exact) mass is 315 g/mol. The summed E-state index contributed by atoms with van der Waals surface area (Å²) in [6.07, 6.45) is 4.03. The molecule has 1 N–H and O–H groups in total. The molecule has 0 unspecified atom stereocenters. The van der Waals surface area contributed by atoms with E-state index in [0.29, 0.717) is 19.4 Å². The molecule has 0 amide bonds. The number of hydrogen-bond donors (Lipinski definition) is 1. The highest BCUT2D eigenvalue weighted by Gasteiger charge is 2.40. The number of aliphatic carboxylic acids is 1. The van der Waals surface area contributed by atoms with Crippen molar-refractivity contribution in [1.82, 2.24) is 13.9 Å². The first-order chi connectivity index (χ1) is 9.75. The Bertz CT molecular complexity index is 623. The number of imidazole rings is 1. The summed E-state index contributed by atoms with van der Waals surface area (Å²) >= 11 is 0. The minimum absolute atomic E-state index is 0.0194. The molecule has 1 saturated heterocycles. The van der Waals surface area contributed by atoms with Crippen molar-refractivity contribution < 1.29 is 18.3 Å². The van der Waals surface area contributed by atoms with Gasteiger partial charge in [-0.15, -0.1) is 0 Å². The maximum atomic E-state index is 12.7. The van der Waals surface area contributed by atoms with Crippen molar-refractivity contribution >= 4 is 16.0 Å². The Balaban J connectivity index is 2.31. The molecular weight excluding hydrogens is 294 g/mol. The van der Waals surface area contributed by atoms with Crippen LogP contribution in [0.3, 0.4) is 0 Å². The maximum Gasteiger partial charge on any atom is 0.308 e. The van der Waals surface area contributed by atoms with E-state index in [-0.39, 0.29) is 11.1 Å². The van der Waals surface area contributed by atoms with Crippen LogP contribution in [0.25, 0.3) is 0 Å². The molecule has 1 fully saturated rings. The van der Waals surface area contributed by atoms with E-state index in [9.17, 15) is 18.3 Å². The molecule has 118 valence electrons. The minimum atomic E-state index is -3.75. The summed E-state index contributed by atoms with van der Waals surface area (Å²) in [5, 5.41) is 9.18. The third-order valence-electron chi connectivity index (χ3n) is 3.99. The zero-order valence-electron chi connectivity index (χ0n) is 12.4. The average molecular weight is 315 g/mol. The van der Waals surface area contributed by atoms with E-state index >= 15 is 0 Å². The number of carbonyl (C=O) groups is 1. The molecule has 1 aromatic rings. The zero-order valence-corrected chi connectivity index (χ0v) is 13.2. The highest BCUT2D eigenvalue weighted by atomic mass is 32.2. The number of carboxylic acids is 1. The molecule has 7 nitrogen and oxygen atoms in total. The molecule has 0 aromatic carbocycles. The number of hydrogen-bond acceptors (Lipinski definition) is 4. The van der Waals surface area contributed by atoms with Crippen molar-refractivity contribution in [2.24, 2.45) is 5.92 Å². The summed E-state index contributed by atoms with van der Waals surface area (Å²) in [5.41, 5.74) is 0. The molecule has 0 saturated carbocycles. The molecule has 1 aromatic heterocycles. The average Bonchev–Trinajstić information content (AvgIpc) is 2.88. The van der Waals surface area contributed by atoms with Gasteiger partial charge in [0.1, 0.15) is 0 Å². The Hall–Kier alpha value is -1.41. The molecule has 21 heavy (non-hydrogen) atoms. The van der Waals surface area contributed by atoms with Crippen LogP contribution in [0.2, 0.25) is 0 Å². The molecule has 2 atom stereocenters. The van der Waals surface area contributed by atoms with Gasteiger partial charge < -0.3 is 9.67 Å². The smallest absolute Gasteiger partial charge is 0.308 e. The molecule has 2 rings (SSSR count). The lowest BCUT2D eigenvalue weighted by atomic mass is 9.92. The first kappa shape index (κ1) is 16.0. The molecule has 0 aliphatic carbocycles. The fourth-order valence-corrected chi connectivity index (χ4v) is 4.26. The first-order valence-electron chi connectivity index (χ1n) is 7.03. The fourth-order valence-electron chi connectivity index (χ4n) is 2.63. The van der Waals surface area contributed by atoms with Crippen molar-refractivity contribution in [3.05, 3.63) is 12.5 Å². The summed E-state index contributed by atoms with van der Waals surface area (Å²) in [5.74, 6) is -1.61. The lowest BCUT2D eigenvalue weighted by Crippen LogP contribution is -2.49. The molecule has 1 aliphatic heterocycles. The molecule has 0 spiro atoms. The van der Waals surface area contributed by atoms with Gasteiger partial charge in [-0.2, -0.15) is 4.31 Å². The van der Waals surface area contributed by atoms with Gasteiger partial charge in [0.25, 0.3) is 10.0 Å². The van der Waals surface area contributed by atoms with E-state index in [1.165, 1.54) is 16.8 Å². The molecule has 8 heteroatoms. The predicted molar refractivity (Wildman–Crippen MR) is 76.3 cm³/mol. The van der Waals surface area contributed by atoms with Crippen LogP contribution in [-0.4, -0.2) is 45.9 Å². The van der Waals surface area contributed by atoms with Crippen LogP contribution in [0.5, 0.6) is 0 Å². The highest BCUT2D eigenvalue weighted by Crippen LogP contribution is 2.29. The summed E-state index contributed by atoms with van der Waals surface area (Å²) < 4.78 is 28.3. The standard InChI is InChI=1S/C13H21N3O4S/c1-9(2)15-7-12(14-8-15)21(19,20)16-6-4-5-11(10(16)3)13(17)18/h7-11H,4-6H2,1-3H3,(H,17,18)/t10-,11-/m0/s1. The summed E-state index contributed by atoms with van der Waals surface area (Å²) in [4.78, 5) is 15.2. The summed E-state index contributed by atoms with van der Waals surface area (Å²) in [6.45, 7) is 5.85. The summed E-state index contributed by atoms with van der Waals surface area (Å²) in [6, 6.07) is -0.447. The van der Waals surface area contributed by atoms with E-state index in [1.54, 1.807) is 11.5 Å². The van der Waals surface area contributed by atoms with Crippen LogP contribution in [-0.2, 0) is 14.8 Å². The van der Waals surface area contributed by atoms with Crippen molar-refractivity contribution in [3.63, 3.8) is 0 Å². The van der Waals surface area contributed by atoms with Crippen LogP contribution in [0.15, 0.2) is 17.6 Å². The normalized spacial score (nSPS) is 24.4. The molecule has 0 radical (unpaired) electrons. The van der Waals surface area contributed by atoms with Crippen LogP contribution in [0.4, 0.5) is 0 Å². The SMILES string of the molecule is CC(C)n1cnc(S(=O)(=O)N2CCC[C@H](C(=O)O)[C@@H]2C)c1. The van der Waals surface area contributed by atoms with Gasteiger partial charge in [0, 0.05) is 24.8 Å². The predicted octanol–water partition coefficient (Wildman–Crippen LogP) is 1.34. The van der Waals surface area contributed by atoms with Crippen LogP contribution >= 0.6 is 0 Å². The lowest BCUT2D eigenvalue weighted by Gasteiger charge is -2.35. The second-order valence-corrected chi connectivity index (χ2v) is 7.53. The van der Waals surface area contributed by atoms with Gasteiger partial charge in [-0.25, -0.2) is 13.4 Å². The van der Waals surface area contributed by atoms with Gasteiger partial charge in [-0.3, -0.25) is 4.79 Å². The number of piperidine rings is 1. The Labute approximate surface area is 124 Å². The first-order valence-corrected chi connectivity index (χ1v) is 8.47. The van der Waals surface area contributed by atoms with Crippen LogP contribution in [0, 0.1) is 5.92 Å². The Morgan fingerprint density at radius 1 is 1.48 bits per heavy atom. The van der Waals surface area contributed by atoms with E-state index in [2.05, 4.69) is 4.98 Å². The van der Waals surface area contributed by atoms with Crippen molar-refractivity contribution in [3.8, 4) is 0 Å².